The normalized spacial score (nSPS) is 10.9. The summed E-state index contributed by atoms with van der Waals surface area (Å²) in [6, 6.07) is 10.4. The molecule has 2 heteroatoms. The van der Waals surface area contributed by atoms with Crippen LogP contribution in [0.5, 0.6) is 5.88 Å². The van der Waals surface area contributed by atoms with Gasteiger partial charge in [-0.15, -0.1) is 0 Å². The number of aryl methyl sites for hydroxylation is 1. The number of hydrogen-bond acceptors (Lipinski definition) is 1. The minimum absolute atomic E-state index is 0.196. The molecule has 0 spiro atoms. The molecule has 78 valence electrons. The van der Waals surface area contributed by atoms with Gasteiger partial charge in [-0.1, -0.05) is 18.2 Å². The third-order valence-electron chi connectivity index (χ3n) is 2.34. The molecule has 0 radical (unpaired) electrons. The van der Waals surface area contributed by atoms with Crippen molar-refractivity contribution in [2.45, 2.75) is 20.0 Å². The van der Waals surface area contributed by atoms with Crippen molar-refractivity contribution >= 4 is 10.8 Å². The van der Waals surface area contributed by atoms with Gasteiger partial charge in [0.1, 0.15) is 7.05 Å². The van der Waals surface area contributed by atoms with Gasteiger partial charge in [-0.2, -0.15) is 4.57 Å². The minimum Gasteiger partial charge on any atom is -0.441 e. The number of aromatic nitrogens is 1. The van der Waals surface area contributed by atoms with E-state index in [1.54, 1.807) is 0 Å². The van der Waals surface area contributed by atoms with Crippen LogP contribution < -0.4 is 9.30 Å². The molecule has 0 N–H and O–H groups in total. The lowest BCUT2D eigenvalue weighted by molar-refractivity contribution is -0.676. The summed E-state index contributed by atoms with van der Waals surface area (Å²) in [5.41, 5.74) is 0. The zero-order chi connectivity index (χ0) is 10.8. The predicted octanol–water partition coefficient (Wildman–Crippen LogP) is 2.45. The van der Waals surface area contributed by atoms with Crippen molar-refractivity contribution in [2.24, 2.45) is 7.05 Å². The van der Waals surface area contributed by atoms with Crippen LogP contribution in [0.25, 0.3) is 10.8 Å². The molecule has 0 aliphatic heterocycles. The van der Waals surface area contributed by atoms with Crippen LogP contribution in [0.4, 0.5) is 0 Å². The van der Waals surface area contributed by atoms with E-state index in [0.29, 0.717) is 0 Å². The van der Waals surface area contributed by atoms with Gasteiger partial charge >= 0.3 is 5.88 Å². The van der Waals surface area contributed by atoms with Gasteiger partial charge in [0.2, 0.25) is 0 Å². The van der Waals surface area contributed by atoms with Crippen molar-refractivity contribution < 1.29 is 9.30 Å². The summed E-state index contributed by atoms with van der Waals surface area (Å²) in [7, 11) is 2.00. The van der Waals surface area contributed by atoms with Crippen molar-refractivity contribution in [2.75, 3.05) is 0 Å². The second-order valence-corrected chi connectivity index (χ2v) is 3.99. The minimum atomic E-state index is 0.196. The highest BCUT2D eigenvalue weighted by atomic mass is 16.5. The second-order valence-electron chi connectivity index (χ2n) is 3.99. The molecule has 1 aromatic carbocycles. The summed E-state index contributed by atoms with van der Waals surface area (Å²) < 4.78 is 7.84. The fourth-order valence-electron chi connectivity index (χ4n) is 1.66. The summed E-state index contributed by atoms with van der Waals surface area (Å²) in [6.07, 6.45) is 2.22. The van der Waals surface area contributed by atoms with E-state index >= 15 is 0 Å². The molecule has 0 atom stereocenters. The Kier molecular flexibility index (Phi) is 2.58. The van der Waals surface area contributed by atoms with Crippen molar-refractivity contribution in [3.05, 3.63) is 36.5 Å². The van der Waals surface area contributed by atoms with Crippen LogP contribution in [0.2, 0.25) is 0 Å². The Bertz CT molecular complexity index is 477. The molecule has 0 saturated carbocycles. The van der Waals surface area contributed by atoms with Crippen LogP contribution in [-0.4, -0.2) is 6.10 Å². The molecule has 0 saturated heterocycles. The lowest BCUT2D eigenvalue weighted by Crippen LogP contribution is -2.31. The van der Waals surface area contributed by atoms with Gasteiger partial charge in [-0.3, -0.25) is 0 Å². The maximum Gasteiger partial charge on any atom is 0.375 e. The number of hydrogen-bond donors (Lipinski definition) is 0. The third-order valence-corrected chi connectivity index (χ3v) is 2.34. The molecule has 1 heterocycles. The lowest BCUT2D eigenvalue weighted by atomic mass is 10.2. The van der Waals surface area contributed by atoms with Crippen molar-refractivity contribution in [3.8, 4) is 5.88 Å². The van der Waals surface area contributed by atoms with Crippen LogP contribution in [0.1, 0.15) is 13.8 Å². The lowest BCUT2D eigenvalue weighted by Gasteiger charge is -2.09. The SMILES string of the molecule is CC(C)Oc1c2ccccc2cc[n+]1C. The molecule has 1 aromatic heterocycles. The first-order valence-electron chi connectivity index (χ1n) is 5.22. The van der Waals surface area contributed by atoms with E-state index in [9.17, 15) is 0 Å². The fraction of sp³-hybridized carbons (Fsp3) is 0.308. The highest BCUT2D eigenvalue weighted by Gasteiger charge is 2.14. The van der Waals surface area contributed by atoms with E-state index in [4.69, 9.17) is 4.74 Å². The third kappa shape index (κ3) is 1.94. The standard InChI is InChI=1S/C13H16NO/c1-10(2)15-13-12-7-5-4-6-11(12)8-9-14(13)3/h4-10H,1-3H3/q+1. The molecule has 0 unspecified atom stereocenters. The largest absolute Gasteiger partial charge is 0.441 e. The van der Waals surface area contributed by atoms with Crippen LogP contribution >= 0.6 is 0 Å². The maximum absolute atomic E-state index is 5.82. The second kappa shape index (κ2) is 3.89. The molecular formula is C13H16NO+. The smallest absolute Gasteiger partial charge is 0.375 e. The summed E-state index contributed by atoms with van der Waals surface area (Å²) in [5, 5.41) is 2.38. The van der Waals surface area contributed by atoms with Gasteiger partial charge in [-0.05, 0) is 25.3 Å². The first kappa shape index (κ1) is 9.97. The van der Waals surface area contributed by atoms with E-state index in [2.05, 4.69) is 18.2 Å². The Labute approximate surface area is 90.1 Å². The van der Waals surface area contributed by atoms with E-state index in [-0.39, 0.29) is 6.10 Å². The molecule has 2 aromatic rings. The van der Waals surface area contributed by atoms with Crippen molar-refractivity contribution in [3.63, 3.8) is 0 Å². The fourth-order valence-corrected chi connectivity index (χ4v) is 1.66. The molecule has 2 nitrogen and oxygen atoms in total. The van der Waals surface area contributed by atoms with Gasteiger partial charge < -0.3 is 4.74 Å². The predicted molar refractivity (Wildman–Crippen MR) is 60.9 cm³/mol. The monoisotopic (exact) mass is 202 g/mol. The van der Waals surface area contributed by atoms with Gasteiger partial charge in [0.05, 0.1) is 11.5 Å². The number of ether oxygens (including phenoxy) is 1. The van der Waals surface area contributed by atoms with Gasteiger partial charge in [0.15, 0.2) is 6.20 Å². The van der Waals surface area contributed by atoms with Crippen molar-refractivity contribution in [1.29, 1.82) is 0 Å². The zero-order valence-electron chi connectivity index (χ0n) is 9.40. The Morgan fingerprint density at radius 2 is 1.87 bits per heavy atom. The maximum atomic E-state index is 5.82. The highest BCUT2D eigenvalue weighted by molar-refractivity contribution is 5.85. The van der Waals surface area contributed by atoms with Crippen LogP contribution in [0, 0.1) is 0 Å². The Hall–Kier alpha value is -1.57. The summed E-state index contributed by atoms with van der Waals surface area (Å²) in [5.74, 6) is 0.933. The average molecular weight is 202 g/mol. The molecule has 0 bridgehead atoms. The summed E-state index contributed by atoms with van der Waals surface area (Å²) >= 11 is 0. The van der Waals surface area contributed by atoms with Gasteiger partial charge in [0.25, 0.3) is 0 Å². The Morgan fingerprint density at radius 3 is 2.60 bits per heavy atom. The van der Waals surface area contributed by atoms with Crippen molar-refractivity contribution in [1.82, 2.24) is 0 Å². The molecule has 15 heavy (non-hydrogen) atoms. The topological polar surface area (TPSA) is 13.1 Å². The first-order chi connectivity index (χ1) is 7.18. The van der Waals surface area contributed by atoms with Crippen LogP contribution in [-0.2, 0) is 7.05 Å². The Morgan fingerprint density at radius 1 is 1.13 bits per heavy atom. The Balaban J connectivity index is 2.63. The van der Waals surface area contributed by atoms with E-state index in [1.807, 2.05) is 43.8 Å². The first-order valence-corrected chi connectivity index (χ1v) is 5.22. The van der Waals surface area contributed by atoms with Crippen LogP contribution in [0.15, 0.2) is 36.5 Å². The number of benzene rings is 1. The summed E-state index contributed by atoms with van der Waals surface area (Å²) in [4.78, 5) is 0. The molecule has 0 aliphatic rings. The highest BCUT2D eigenvalue weighted by Crippen LogP contribution is 2.21. The molecule has 0 amide bonds. The number of pyridine rings is 1. The number of rotatable bonds is 2. The quantitative estimate of drug-likeness (QED) is 0.682. The summed E-state index contributed by atoms with van der Waals surface area (Å²) in [6.45, 7) is 4.09. The van der Waals surface area contributed by atoms with E-state index in [1.165, 1.54) is 5.39 Å². The molecule has 0 fully saturated rings. The molecule has 0 aliphatic carbocycles. The molecule has 2 rings (SSSR count). The number of fused-ring (bicyclic) bond motifs is 1. The van der Waals surface area contributed by atoms with E-state index in [0.717, 1.165) is 11.3 Å². The van der Waals surface area contributed by atoms with Gasteiger partial charge in [-0.25, -0.2) is 0 Å². The molecular weight excluding hydrogens is 186 g/mol. The average Bonchev–Trinajstić information content (AvgIpc) is 2.22. The van der Waals surface area contributed by atoms with Gasteiger partial charge in [0, 0.05) is 6.07 Å². The number of nitrogens with zero attached hydrogens (tertiary/aromatic N) is 1. The van der Waals surface area contributed by atoms with Crippen LogP contribution in [0.3, 0.4) is 0 Å². The zero-order valence-corrected chi connectivity index (χ0v) is 9.40. The van der Waals surface area contributed by atoms with E-state index < -0.39 is 0 Å².